The fraction of sp³-hybridized carbons (Fsp3) is 0.0588. The number of nitrogens with zero attached hydrogens (tertiary/aromatic N) is 1. The van der Waals surface area contributed by atoms with E-state index >= 15 is 0 Å². The third kappa shape index (κ3) is 4.58. The van der Waals surface area contributed by atoms with Crippen LogP contribution in [-0.4, -0.2) is 29.0 Å². The van der Waals surface area contributed by atoms with Gasteiger partial charge in [0.05, 0.1) is 23.3 Å². The number of benzene rings is 2. The van der Waals surface area contributed by atoms with Crippen molar-refractivity contribution in [2.45, 2.75) is 0 Å². The molecule has 8 nitrogen and oxygen atoms in total. The Morgan fingerprint density at radius 1 is 1.27 bits per heavy atom. The molecule has 0 aliphatic heterocycles. The normalized spacial score (nSPS) is 10.5. The number of nitro groups is 1. The molecule has 2 N–H and O–H groups in total. The van der Waals surface area contributed by atoms with E-state index in [2.05, 4.69) is 5.32 Å². The Balaban J connectivity index is 2.20. The molecule has 0 radical (unpaired) electrons. The average molecular weight is 377 g/mol. The van der Waals surface area contributed by atoms with Crippen molar-refractivity contribution in [3.8, 4) is 5.75 Å². The molecular formula is C17H13ClN2O6. The largest absolute Gasteiger partial charge is 0.495 e. The first-order valence-corrected chi connectivity index (χ1v) is 7.54. The summed E-state index contributed by atoms with van der Waals surface area (Å²) in [4.78, 5) is 33.3. The maximum Gasteiger partial charge on any atom is 0.335 e. The molecule has 0 bridgehead atoms. The van der Waals surface area contributed by atoms with Crippen LogP contribution in [0.5, 0.6) is 5.75 Å². The van der Waals surface area contributed by atoms with Crippen molar-refractivity contribution in [3.63, 3.8) is 0 Å². The summed E-state index contributed by atoms with van der Waals surface area (Å²) in [6.45, 7) is 0. The number of hydrogen-bond donors (Lipinski definition) is 2. The fourth-order valence-electron chi connectivity index (χ4n) is 2.06. The first-order valence-electron chi connectivity index (χ1n) is 7.16. The van der Waals surface area contributed by atoms with E-state index in [1.807, 2.05) is 0 Å². The number of methoxy groups -OCH3 is 1. The minimum absolute atomic E-state index is 0.00757. The number of carbonyl (C=O) groups excluding carboxylic acids is 1. The van der Waals surface area contributed by atoms with E-state index in [4.69, 9.17) is 21.4 Å². The number of carbonyl (C=O) groups is 2. The third-order valence-electron chi connectivity index (χ3n) is 3.30. The van der Waals surface area contributed by atoms with Gasteiger partial charge < -0.3 is 15.2 Å². The molecule has 26 heavy (non-hydrogen) atoms. The van der Waals surface area contributed by atoms with Crippen LogP contribution in [0.2, 0.25) is 5.02 Å². The number of ether oxygens (including phenoxy) is 1. The monoisotopic (exact) mass is 376 g/mol. The van der Waals surface area contributed by atoms with Gasteiger partial charge in [0.1, 0.15) is 10.8 Å². The highest BCUT2D eigenvalue weighted by Crippen LogP contribution is 2.27. The Hall–Kier alpha value is -3.39. The number of carboxylic acids is 1. The van der Waals surface area contributed by atoms with Crippen LogP contribution < -0.4 is 10.1 Å². The molecule has 2 rings (SSSR count). The van der Waals surface area contributed by atoms with Gasteiger partial charge in [0.25, 0.3) is 5.69 Å². The molecule has 0 heterocycles. The minimum Gasteiger partial charge on any atom is -0.495 e. The zero-order valence-electron chi connectivity index (χ0n) is 13.4. The number of halogens is 1. The molecule has 2 aromatic carbocycles. The quantitative estimate of drug-likeness (QED) is 0.451. The van der Waals surface area contributed by atoms with Crippen LogP contribution in [0.3, 0.4) is 0 Å². The molecule has 1 amide bonds. The topological polar surface area (TPSA) is 119 Å². The summed E-state index contributed by atoms with van der Waals surface area (Å²) < 4.78 is 5.08. The van der Waals surface area contributed by atoms with Crippen molar-refractivity contribution >= 4 is 40.9 Å². The summed E-state index contributed by atoms with van der Waals surface area (Å²) in [6, 6.07) is 8.14. The molecule has 0 spiro atoms. The van der Waals surface area contributed by atoms with Gasteiger partial charge in [-0.15, -0.1) is 0 Å². The Labute approximate surface area is 152 Å². The van der Waals surface area contributed by atoms with Crippen LogP contribution in [0.1, 0.15) is 15.9 Å². The molecular weight excluding hydrogens is 364 g/mol. The van der Waals surface area contributed by atoms with E-state index in [1.165, 1.54) is 49.6 Å². The van der Waals surface area contributed by atoms with Crippen molar-refractivity contribution in [3.05, 3.63) is 68.7 Å². The van der Waals surface area contributed by atoms with Crippen LogP contribution in [-0.2, 0) is 4.79 Å². The summed E-state index contributed by atoms with van der Waals surface area (Å²) in [7, 11) is 1.38. The van der Waals surface area contributed by atoms with Crippen molar-refractivity contribution in [2.75, 3.05) is 12.4 Å². The molecule has 0 unspecified atom stereocenters. The molecule has 0 aromatic heterocycles. The summed E-state index contributed by atoms with van der Waals surface area (Å²) >= 11 is 5.73. The van der Waals surface area contributed by atoms with Gasteiger partial charge in [0.2, 0.25) is 5.91 Å². The maximum atomic E-state index is 12.1. The molecule has 9 heteroatoms. The van der Waals surface area contributed by atoms with Crippen LogP contribution in [0.15, 0.2) is 42.5 Å². The number of anilines is 1. The second-order valence-corrected chi connectivity index (χ2v) is 5.42. The van der Waals surface area contributed by atoms with E-state index in [1.54, 1.807) is 0 Å². The van der Waals surface area contributed by atoms with Crippen LogP contribution in [0.4, 0.5) is 11.4 Å². The number of nitrogens with one attached hydrogen (secondary N) is 1. The number of hydrogen-bond acceptors (Lipinski definition) is 5. The molecule has 0 aliphatic carbocycles. The van der Waals surface area contributed by atoms with Gasteiger partial charge in [0, 0.05) is 12.1 Å². The van der Waals surface area contributed by atoms with Crippen molar-refractivity contribution in [1.82, 2.24) is 0 Å². The second kappa shape index (κ2) is 8.13. The van der Waals surface area contributed by atoms with Crippen LogP contribution >= 0.6 is 11.6 Å². The van der Waals surface area contributed by atoms with Crippen LogP contribution in [0, 0.1) is 10.1 Å². The van der Waals surface area contributed by atoms with E-state index in [-0.39, 0.29) is 22.0 Å². The number of aromatic carboxylic acids is 1. The summed E-state index contributed by atoms with van der Waals surface area (Å²) in [5.74, 6) is -1.42. The van der Waals surface area contributed by atoms with Crippen molar-refractivity contribution < 1.29 is 24.4 Å². The van der Waals surface area contributed by atoms with Crippen molar-refractivity contribution in [1.29, 1.82) is 0 Å². The number of amides is 1. The van der Waals surface area contributed by atoms with E-state index < -0.39 is 16.8 Å². The Morgan fingerprint density at radius 2 is 2.00 bits per heavy atom. The van der Waals surface area contributed by atoms with Crippen molar-refractivity contribution in [2.24, 2.45) is 0 Å². The van der Waals surface area contributed by atoms with Gasteiger partial charge in [-0.05, 0) is 35.9 Å². The SMILES string of the molecule is COc1ccc(C(=O)O)cc1NC(=O)/C=C/c1ccc(Cl)c([N+](=O)[O-])c1. The smallest absolute Gasteiger partial charge is 0.335 e. The van der Waals surface area contributed by atoms with Gasteiger partial charge >= 0.3 is 5.97 Å². The minimum atomic E-state index is -1.15. The molecule has 0 saturated carbocycles. The molecule has 134 valence electrons. The maximum absolute atomic E-state index is 12.1. The highest BCUT2D eigenvalue weighted by Gasteiger charge is 2.13. The summed E-state index contributed by atoms with van der Waals surface area (Å²) in [6.07, 6.45) is 2.52. The van der Waals surface area contributed by atoms with Gasteiger partial charge in [-0.25, -0.2) is 4.79 Å². The summed E-state index contributed by atoms with van der Waals surface area (Å²) in [5.41, 5.74) is 0.301. The van der Waals surface area contributed by atoms with Gasteiger partial charge in [-0.3, -0.25) is 14.9 Å². The lowest BCUT2D eigenvalue weighted by Crippen LogP contribution is -2.10. The van der Waals surface area contributed by atoms with Gasteiger partial charge in [0.15, 0.2) is 0 Å². The molecule has 0 atom stereocenters. The fourth-order valence-corrected chi connectivity index (χ4v) is 2.24. The predicted molar refractivity (Wildman–Crippen MR) is 95.7 cm³/mol. The number of nitro benzene ring substituents is 1. The van der Waals surface area contributed by atoms with Gasteiger partial charge in [-0.1, -0.05) is 17.7 Å². The molecule has 0 aliphatic rings. The third-order valence-corrected chi connectivity index (χ3v) is 3.62. The van der Waals surface area contributed by atoms with E-state index in [0.717, 1.165) is 6.08 Å². The zero-order chi connectivity index (χ0) is 19.3. The lowest BCUT2D eigenvalue weighted by Gasteiger charge is -2.09. The number of carboxylic acid groups (broad SMARTS) is 1. The second-order valence-electron chi connectivity index (χ2n) is 5.01. The van der Waals surface area contributed by atoms with Crippen LogP contribution in [0.25, 0.3) is 6.08 Å². The average Bonchev–Trinajstić information content (AvgIpc) is 2.60. The molecule has 2 aromatic rings. The van der Waals surface area contributed by atoms with E-state index in [9.17, 15) is 19.7 Å². The lowest BCUT2D eigenvalue weighted by molar-refractivity contribution is -0.384. The first-order chi connectivity index (χ1) is 12.3. The standard InChI is InChI=1S/C17H13ClN2O6/c1-26-15-6-4-11(17(22)23)9-13(15)19-16(21)7-3-10-2-5-12(18)14(8-10)20(24)25/h2-9H,1H3,(H,19,21)(H,22,23)/b7-3+. The molecule has 0 fully saturated rings. The summed E-state index contributed by atoms with van der Waals surface area (Å²) in [5, 5.41) is 22.4. The Morgan fingerprint density at radius 3 is 2.62 bits per heavy atom. The molecule has 0 saturated heterocycles. The Bertz CT molecular complexity index is 910. The number of rotatable bonds is 6. The predicted octanol–water partition coefficient (Wildman–Crippen LogP) is 3.61. The highest BCUT2D eigenvalue weighted by molar-refractivity contribution is 6.32. The highest BCUT2D eigenvalue weighted by atomic mass is 35.5. The lowest BCUT2D eigenvalue weighted by atomic mass is 10.1. The van der Waals surface area contributed by atoms with E-state index in [0.29, 0.717) is 11.3 Å². The van der Waals surface area contributed by atoms with Gasteiger partial charge in [-0.2, -0.15) is 0 Å². The first kappa shape index (κ1) is 18.9. The Kier molecular flexibility index (Phi) is 5.92. The zero-order valence-corrected chi connectivity index (χ0v) is 14.2.